The second-order valence-corrected chi connectivity index (χ2v) is 10.8. The molecule has 3 heterocycles. The van der Waals surface area contributed by atoms with E-state index >= 15 is 0 Å². The maximum Gasteiger partial charge on any atom is 0.274 e. The lowest BCUT2D eigenvalue weighted by atomic mass is 9.49. The normalized spacial score (nSPS) is 30.8. The highest BCUT2D eigenvalue weighted by atomic mass is 16.2. The Morgan fingerprint density at radius 2 is 1.82 bits per heavy atom. The van der Waals surface area contributed by atoms with Crippen LogP contribution in [0.1, 0.15) is 61.9 Å². The molecule has 2 aromatic rings. The molecular formula is C25H31N5O3. The molecule has 0 spiro atoms. The molecule has 7 rings (SSSR count). The van der Waals surface area contributed by atoms with Crippen molar-refractivity contribution in [2.24, 2.45) is 23.2 Å². The molecule has 4 aliphatic carbocycles. The summed E-state index contributed by atoms with van der Waals surface area (Å²) in [5, 5.41) is 5.90. The molecule has 174 valence electrons. The Bertz CT molecular complexity index is 1090. The number of hydrogen-bond acceptors (Lipinski definition) is 4. The van der Waals surface area contributed by atoms with Gasteiger partial charge >= 0.3 is 0 Å². The monoisotopic (exact) mass is 449 g/mol. The first kappa shape index (κ1) is 20.7. The van der Waals surface area contributed by atoms with Crippen LogP contribution in [0.4, 0.5) is 5.82 Å². The molecule has 5 fully saturated rings. The van der Waals surface area contributed by atoms with Crippen molar-refractivity contribution in [3.8, 4) is 0 Å². The number of fused-ring (bicyclic) bond motifs is 1. The first-order chi connectivity index (χ1) is 16.0. The molecule has 1 aliphatic heterocycles. The maximum atomic E-state index is 13.1. The van der Waals surface area contributed by atoms with Crippen molar-refractivity contribution in [3.05, 3.63) is 30.1 Å². The quantitative estimate of drug-likeness (QED) is 0.750. The summed E-state index contributed by atoms with van der Waals surface area (Å²) in [6, 6.07) is 5.54. The van der Waals surface area contributed by atoms with Gasteiger partial charge in [-0.1, -0.05) is 6.07 Å². The number of carbonyl (C=O) groups excluding carboxylic acids is 3. The van der Waals surface area contributed by atoms with Gasteiger partial charge in [-0.15, -0.1) is 0 Å². The minimum atomic E-state index is -0.193. The zero-order valence-electron chi connectivity index (χ0n) is 18.9. The standard InChI is InChI=1S/C25H31N5O3/c31-22-4-6-29(7-5-26-22)24(33)19-15-30-20(27-19)2-1-3-21(30)28-23(32)14-25-11-16-8-17(12-25)10-18(9-16)13-25/h1-3,15-18H,4-14H2,(H,26,31)(H,28,32). The average Bonchev–Trinajstić information content (AvgIpc) is 3.08. The van der Waals surface area contributed by atoms with Gasteiger partial charge in [-0.25, -0.2) is 4.98 Å². The molecule has 0 aromatic carbocycles. The molecule has 8 nitrogen and oxygen atoms in total. The molecule has 8 heteroatoms. The first-order valence-electron chi connectivity index (χ1n) is 12.3. The molecule has 0 atom stereocenters. The van der Waals surface area contributed by atoms with Crippen molar-refractivity contribution < 1.29 is 14.4 Å². The molecular weight excluding hydrogens is 418 g/mol. The zero-order chi connectivity index (χ0) is 22.6. The number of aromatic nitrogens is 2. The van der Waals surface area contributed by atoms with E-state index in [0.717, 1.165) is 17.8 Å². The van der Waals surface area contributed by atoms with Crippen molar-refractivity contribution in [2.45, 2.75) is 51.4 Å². The number of anilines is 1. The number of pyridine rings is 1. The van der Waals surface area contributed by atoms with Crippen LogP contribution in [-0.2, 0) is 9.59 Å². The van der Waals surface area contributed by atoms with Crippen LogP contribution >= 0.6 is 0 Å². The molecule has 5 aliphatic rings. The maximum absolute atomic E-state index is 13.1. The highest BCUT2D eigenvalue weighted by Gasteiger charge is 2.51. The van der Waals surface area contributed by atoms with Gasteiger partial charge < -0.3 is 15.5 Å². The minimum absolute atomic E-state index is 0.0377. The van der Waals surface area contributed by atoms with Crippen LogP contribution in [0, 0.1) is 23.2 Å². The molecule has 4 bridgehead atoms. The fourth-order valence-corrected chi connectivity index (χ4v) is 7.38. The van der Waals surface area contributed by atoms with Crippen LogP contribution in [0.5, 0.6) is 0 Å². The van der Waals surface area contributed by atoms with Gasteiger partial charge in [-0.2, -0.15) is 0 Å². The number of carbonyl (C=O) groups is 3. The van der Waals surface area contributed by atoms with Gasteiger partial charge in [0, 0.05) is 38.7 Å². The summed E-state index contributed by atoms with van der Waals surface area (Å²) in [7, 11) is 0. The Labute approximate surface area is 193 Å². The number of nitrogens with one attached hydrogen (secondary N) is 2. The Morgan fingerprint density at radius 3 is 2.55 bits per heavy atom. The Morgan fingerprint density at radius 1 is 1.09 bits per heavy atom. The van der Waals surface area contributed by atoms with Crippen molar-refractivity contribution in [2.75, 3.05) is 25.0 Å². The van der Waals surface area contributed by atoms with E-state index in [1.807, 2.05) is 18.2 Å². The number of hydrogen-bond donors (Lipinski definition) is 2. The van der Waals surface area contributed by atoms with Gasteiger partial charge in [0.1, 0.15) is 17.2 Å². The van der Waals surface area contributed by atoms with E-state index in [4.69, 9.17) is 0 Å². The molecule has 0 unspecified atom stereocenters. The van der Waals surface area contributed by atoms with Crippen LogP contribution in [-0.4, -0.2) is 51.6 Å². The largest absolute Gasteiger partial charge is 0.354 e. The highest BCUT2D eigenvalue weighted by molar-refractivity contribution is 5.94. The molecule has 1 saturated heterocycles. The van der Waals surface area contributed by atoms with Gasteiger partial charge in [-0.3, -0.25) is 18.8 Å². The third-order valence-electron chi connectivity index (χ3n) is 8.28. The SMILES string of the molecule is O=C1CCN(C(=O)c2cn3c(NC(=O)CC45CC6CC(CC(C6)C4)C5)cccc3n2)CCN1. The third-order valence-corrected chi connectivity index (χ3v) is 8.28. The van der Waals surface area contributed by atoms with Gasteiger partial charge in [-0.05, 0) is 73.8 Å². The van der Waals surface area contributed by atoms with E-state index in [0.29, 0.717) is 49.6 Å². The summed E-state index contributed by atoms with van der Waals surface area (Å²) in [5.41, 5.74) is 1.13. The van der Waals surface area contributed by atoms with E-state index in [-0.39, 0.29) is 23.1 Å². The Kier molecular flexibility index (Phi) is 4.92. The van der Waals surface area contributed by atoms with Gasteiger partial charge in [0.15, 0.2) is 0 Å². The van der Waals surface area contributed by atoms with Crippen LogP contribution < -0.4 is 10.6 Å². The molecule has 4 saturated carbocycles. The lowest BCUT2D eigenvalue weighted by molar-refractivity contribution is -0.124. The van der Waals surface area contributed by atoms with E-state index in [9.17, 15) is 14.4 Å². The second kappa shape index (κ2) is 7.85. The smallest absolute Gasteiger partial charge is 0.274 e. The molecule has 3 amide bonds. The predicted octanol–water partition coefficient (Wildman–Crippen LogP) is 2.84. The lowest BCUT2D eigenvalue weighted by Gasteiger charge is -2.56. The number of amides is 3. The lowest BCUT2D eigenvalue weighted by Crippen LogP contribution is -2.47. The summed E-state index contributed by atoms with van der Waals surface area (Å²) >= 11 is 0. The Balaban J connectivity index is 1.18. The van der Waals surface area contributed by atoms with Crippen molar-refractivity contribution in [1.82, 2.24) is 19.6 Å². The summed E-state index contributed by atoms with van der Waals surface area (Å²) < 4.78 is 1.78. The molecule has 33 heavy (non-hydrogen) atoms. The Hall–Kier alpha value is -2.90. The van der Waals surface area contributed by atoms with Crippen molar-refractivity contribution >= 4 is 29.2 Å². The van der Waals surface area contributed by atoms with Crippen LogP contribution in [0.25, 0.3) is 5.65 Å². The first-order valence-corrected chi connectivity index (χ1v) is 12.3. The van der Waals surface area contributed by atoms with Crippen LogP contribution in [0.3, 0.4) is 0 Å². The van der Waals surface area contributed by atoms with Gasteiger partial charge in [0.2, 0.25) is 11.8 Å². The fourth-order valence-electron chi connectivity index (χ4n) is 7.38. The average molecular weight is 450 g/mol. The minimum Gasteiger partial charge on any atom is -0.354 e. The van der Waals surface area contributed by atoms with E-state index in [2.05, 4.69) is 15.6 Å². The molecule has 0 radical (unpaired) electrons. The van der Waals surface area contributed by atoms with Crippen molar-refractivity contribution in [1.29, 1.82) is 0 Å². The van der Waals surface area contributed by atoms with E-state index < -0.39 is 0 Å². The van der Waals surface area contributed by atoms with Gasteiger partial charge in [0.05, 0.1) is 0 Å². The molecule has 2 N–H and O–H groups in total. The van der Waals surface area contributed by atoms with Crippen LogP contribution in [0.2, 0.25) is 0 Å². The third kappa shape index (κ3) is 3.89. The number of nitrogens with zero attached hydrogens (tertiary/aromatic N) is 3. The number of rotatable bonds is 4. The second-order valence-electron chi connectivity index (χ2n) is 10.8. The zero-order valence-corrected chi connectivity index (χ0v) is 18.9. The molecule has 2 aromatic heterocycles. The van der Waals surface area contributed by atoms with Gasteiger partial charge in [0.25, 0.3) is 5.91 Å². The number of imidazole rings is 1. The summed E-state index contributed by atoms with van der Waals surface area (Å²) in [5.74, 6) is 2.92. The fraction of sp³-hybridized carbons (Fsp3) is 0.600. The summed E-state index contributed by atoms with van der Waals surface area (Å²) in [6.07, 6.45) is 10.3. The topological polar surface area (TPSA) is 95.8 Å². The van der Waals surface area contributed by atoms with Crippen LogP contribution in [0.15, 0.2) is 24.4 Å². The summed E-state index contributed by atoms with van der Waals surface area (Å²) in [4.78, 5) is 43.9. The van der Waals surface area contributed by atoms with E-state index in [1.165, 1.54) is 38.5 Å². The predicted molar refractivity (Wildman–Crippen MR) is 123 cm³/mol. The highest BCUT2D eigenvalue weighted by Crippen LogP contribution is 2.61. The summed E-state index contributed by atoms with van der Waals surface area (Å²) in [6.45, 7) is 1.30. The van der Waals surface area contributed by atoms with E-state index in [1.54, 1.807) is 15.5 Å². The van der Waals surface area contributed by atoms with Crippen molar-refractivity contribution in [3.63, 3.8) is 0 Å².